The molecule has 2 aromatic rings. The Morgan fingerprint density at radius 1 is 1.12 bits per heavy atom. The maximum atomic E-state index is 10.2. The Balaban J connectivity index is 2.35. The lowest BCUT2D eigenvalue weighted by Gasteiger charge is -2.12. The maximum Gasteiger partial charge on any atom is 0.107 e. The lowest BCUT2D eigenvalue weighted by Crippen LogP contribution is -2.03. The zero-order valence-corrected chi connectivity index (χ0v) is 9.38. The van der Waals surface area contributed by atoms with Gasteiger partial charge in [-0.3, -0.25) is 9.97 Å². The first kappa shape index (κ1) is 10.8. The summed E-state index contributed by atoms with van der Waals surface area (Å²) < 4.78 is 0. The molecule has 1 atom stereocenters. The SMILES string of the molecule is Cc1ccc(C(O)c2cccnc2C)cn1. The first-order chi connectivity index (χ1) is 7.68. The molecule has 0 saturated heterocycles. The minimum absolute atomic E-state index is 0.651. The monoisotopic (exact) mass is 214 g/mol. The number of aliphatic hydroxyl groups excluding tert-OH is 1. The first-order valence-electron chi connectivity index (χ1n) is 5.20. The molecule has 3 nitrogen and oxygen atoms in total. The minimum atomic E-state index is -0.651. The third kappa shape index (κ3) is 2.09. The van der Waals surface area contributed by atoms with Gasteiger partial charge in [-0.25, -0.2) is 0 Å². The largest absolute Gasteiger partial charge is 0.384 e. The highest BCUT2D eigenvalue weighted by atomic mass is 16.3. The van der Waals surface area contributed by atoms with Gasteiger partial charge in [0.1, 0.15) is 6.10 Å². The number of rotatable bonds is 2. The Kier molecular flexibility index (Phi) is 2.97. The van der Waals surface area contributed by atoms with Crippen molar-refractivity contribution < 1.29 is 5.11 Å². The van der Waals surface area contributed by atoms with Crippen molar-refractivity contribution in [1.82, 2.24) is 9.97 Å². The van der Waals surface area contributed by atoms with Crippen LogP contribution in [0.3, 0.4) is 0 Å². The van der Waals surface area contributed by atoms with Crippen LogP contribution >= 0.6 is 0 Å². The van der Waals surface area contributed by atoms with Crippen LogP contribution in [0.5, 0.6) is 0 Å². The zero-order valence-electron chi connectivity index (χ0n) is 9.38. The van der Waals surface area contributed by atoms with E-state index >= 15 is 0 Å². The van der Waals surface area contributed by atoms with Gasteiger partial charge >= 0.3 is 0 Å². The summed E-state index contributed by atoms with van der Waals surface area (Å²) in [6, 6.07) is 7.49. The van der Waals surface area contributed by atoms with E-state index in [9.17, 15) is 5.11 Å². The van der Waals surface area contributed by atoms with Gasteiger partial charge in [0.2, 0.25) is 0 Å². The van der Waals surface area contributed by atoms with E-state index in [1.54, 1.807) is 12.4 Å². The Morgan fingerprint density at radius 2 is 1.94 bits per heavy atom. The molecule has 1 N–H and O–H groups in total. The van der Waals surface area contributed by atoms with Crippen molar-refractivity contribution in [3.05, 3.63) is 59.2 Å². The van der Waals surface area contributed by atoms with Crippen molar-refractivity contribution in [3.8, 4) is 0 Å². The summed E-state index contributed by atoms with van der Waals surface area (Å²) in [7, 11) is 0. The van der Waals surface area contributed by atoms with E-state index in [0.29, 0.717) is 0 Å². The van der Waals surface area contributed by atoms with Crippen LogP contribution in [0.2, 0.25) is 0 Å². The number of aryl methyl sites for hydroxylation is 2. The van der Waals surface area contributed by atoms with Gasteiger partial charge in [0.25, 0.3) is 0 Å². The molecular weight excluding hydrogens is 200 g/mol. The molecule has 0 aliphatic heterocycles. The molecular formula is C13H14N2O. The molecule has 0 aromatic carbocycles. The van der Waals surface area contributed by atoms with Crippen LogP contribution in [0, 0.1) is 13.8 Å². The number of aliphatic hydroxyl groups is 1. The van der Waals surface area contributed by atoms with E-state index in [1.807, 2.05) is 38.1 Å². The third-order valence-corrected chi connectivity index (χ3v) is 2.59. The molecule has 2 heterocycles. The summed E-state index contributed by atoms with van der Waals surface area (Å²) in [6.07, 6.45) is 2.77. The summed E-state index contributed by atoms with van der Waals surface area (Å²) in [4.78, 5) is 8.34. The lowest BCUT2D eigenvalue weighted by atomic mass is 10.0. The second-order valence-electron chi connectivity index (χ2n) is 3.81. The summed E-state index contributed by atoms with van der Waals surface area (Å²) in [5.74, 6) is 0. The standard InChI is InChI=1S/C13H14N2O/c1-9-5-6-11(8-15-9)13(16)12-4-3-7-14-10(12)2/h3-8,13,16H,1-2H3. The van der Waals surface area contributed by atoms with Crippen LogP contribution in [0.15, 0.2) is 36.7 Å². The molecule has 0 aliphatic carbocycles. The molecule has 0 aliphatic rings. The normalized spacial score (nSPS) is 12.4. The molecule has 16 heavy (non-hydrogen) atoms. The molecule has 0 spiro atoms. The van der Waals surface area contributed by atoms with E-state index < -0.39 is 6.10 Å². The maximum absolute atomic E-state index is 10.2. The van der Waals surface area contributed by atoms with Crippen LogP contribution in [0.1, 0.15) is 28.6 Å². The van der Waals surface area contributed by atoms with Gasteiger partial charge in [0.05, 0.1) is 0 Å². The number of aromatic nitrogens is 2. The van der Waals surface area contributed by atoms with Crippen molar-refractivity contribution in [2.45, 2.75) is 20.0 Å². The Bertz CT molecular complexity index is 480. The second kappa shape index (κ2) is 4.41. The van der Waals surface area contributed by atoms with Crippen molar-refractivity contribution in [1.29, 1.82) is 0 Å². The number of hydrogen-bond donors (Lipinski definition) is 1. The van der Waals surface area contributed by atoms with E-state index in [-0.39, 0.29) is 0 Å². The highest BCUT2D eigenvalue weighted by Gasteiger charge is 2.12. The fraction of sp³-hybridized carbons (Fsp3) is 0.231. The molecule has 1 unspecified atom stereocenters. The van der Waals surface area contributed by atoms with Crippen molar-refractivity contribution in [3.63, 3.8) is 0 Å². The van der Waals surface area contributed by atoms with E-state index in [2.05, 4.69) is 9.97 Å². The molecule has 2 aromatic heterocycles. The average molecular weight is 214 g/mol. The van der Waals surface area contributed by atoms with Gasteiger partial charge < -0.3 is 5.11 Å². The number of pyridine rings is 2. The summed E-state index contributed by atoms with van der Waals surface area (Å²) >= 11 is 0. The minimum Gasteiger partial charge on any atom is -0.384 e. The fourth-order valence-electron chi connectivity index (χ4n) is 1.61. The van der Waals surface area contributed by atoms with Gasteiger partial charge in [-0.2, -0.15) is 0 Å². The van der Waals surface area contributed by atoms with Crippen molar-refractivity contribution >= 4 is 0 Å². The molecule has 82 valence electrons. The Labute approximate surface area is 94.8 Å². The molecule has 0 amide bonds. The van der Waals surface area contributed by atoms with E-state index in [1.165, 1.54) is 0 Å². The third-order valence-electron chi connectivity index (χ3n) is 2.59. The van der Waals surface area contributed by atoms with Crippen LogP contribution in [-0.4, -0.2) is 15.1 Å². The topological polar surface area (TPSA) is 46.0 Å². The Hall–Kier alpha value is -1.74. The molecule has 2 rings (SSSR count). The predicted molar refractivity (Wildman–Crippen MR) is 62.0 cm³/mol. The highest BCUT2D eigenvalue weighted by molar-refractivity contribution is 5.30. The zero-order chi connectivity index (χ0) is 11.5. The quantitative estimate of drug-likeness (QED) is 0.833. The van der Waals surface area contributed by atoms with Crippen molar-refractivity contribution in [2.75, 3.05) is 0 Å². The van der Waals surface area contributed by atoms with E-state index in [4.69, 9.17) is 0 Å². The summed E-state index contributed by atoms with van der Waals surface area (Å²) in [5.41, 5.74) is 3.41. The molecule has 3 heteroatoms. The van der Waals surface area contributed by atoms with Crippen LogP contribution in [0.4, 0.5) is 0 Å². The van der Waals surface area contributed by atoms with Gasteiger partial charge in [-0.1, -0.05) is 12.1 Å². The Morgan fingerprint density at radius 3 is 2.56 bits per heavy atom. The number of nitrogens with zero attached hydrogens (tertiary/aromatic N) is 2. The predicted octanol–water partition coefficient (Wildman–Crippen LogP) is 2.18. The fourth-order valence-corrected chi connectivity index (χ4v) is 1.61. The molecule has 0 saturated carbocycles. The smallest absolute Gasteiger partial charge is 0.107 e. The van der Waals surface area contributed by atoms with E-state index in [0.717, 1.165) is 22.5 Å². The van der Waals surface area contributed by atoms with Gasteiger partial charge in [-0.05, 0) is 26.0 Å². The average Bonchev–Trinajstić information content (AvgIpc) is 2.30. The van der Waals surface area contributed by atoms with Crippen LogP contribution in [0.25, 0.3) is 0 Å². The molecule has 0 radical (unpaired) electrons. The number of hydrogen-bond acceptors (Lipinski definition) is 3. The lowest BCUT2D eigenvalue weighted by molar-refractivity contribution is 0.218. The molecule has 0 fully saturated rings. The van der Waals surface area contributed by atoms with Gasteiger partial charge in [-0.15, -0.1) is 0 Å². The summed E-state index contributed by atoms with van der Waals surface area (Å²) in [5, 5.41) is 10.2. The van der Waals surface area contributed by atoms with Crippen LogP contribution in [-0.2, 0) is 0 Å². The second-order valence-corrected chi connectivity index (χ2v) is 3.81. The first-order valence-corrected chi connectivity index (χ1v) is 5.20. The van der Waals surface area contributed by atoms with Crippen LogP contribution < -0.4 is 0 Å². The molecule has 0 bridgehead atoms. The highest BCUT2D eigenvalue weighted by Crippen LogP contribution is 2.22. The van der Waals surface area contributed by atoms with Gasteiger partial charge in [0, 0.05) is 34.9 Å². The van der Waals surface area contributed by atoms with Gasteiger partial charge in [0.15, 0.2) is 0 Å². The van der Waals surface area contributed by atoms with Crippen molar-refractivity contribution in [2.24, 2.45) is 0 Å². The summed E-state index contributed by atoms with van der Waals surface area (Å²) in [6.45, 7) is 3.81.